The molecule has 1 heterocycles. The Bertz CT molecular complexity index is 835. The molecule has 1 aliphatic heterocycles. The molecular formula is C21H26N2O4. The van der Waals surface area contributed by atoms with E-state index in [0.717, 1.165) is 41.9 Å². The zero-order chi connectivity index (χ0) is 19.4. The Hall–Kier alpha value is -2.89. The van der Waals surface area contributed by atoms with Crippen LogP contribution in [0, 0.1) is 0 Å². The van der Waals surface area contributed by atoms with Crippen LogP contribution in [-0.4, -0.2) is 33.8 Å². The van der Waals surface area contributed by atoms with Gasteiger partial charge in [-0.3, -0.25) is 4.79 Å². The summed E-state index contributed by atoms with van der Waals surface area (Å²) in [6.07, 6.45) is 2.76. The number of aryl methyl sites for hydroxylation is 1. The lowest BCUT2D eigenvalue weighted by Gasteiger charge is -2.30. The summed E-state index contributed by atoms with van der Waals surface area (Å²) < 4.78 is 16.2. The van der Waals surface area contributed by atoms with Crippen molar-refractivity contribution in [1.29, 1.82) is 0 Å². The number of nitrogen functional groups attached to an aromatic ring is 1. The van der Waals surface area contributed by atoms with E-state index in [9.17, 15) is 4.79 Å². The highest BCUT2D eigenvalue weighted by molar-refractivity contribution is 5.95. The van der Waals surface area contributed by atoms with Gasteiger partial charge in [0.2, 0.25) is 11.7 Å². The zero-order valence-corrected chi connectivity index (χ0v) is 16.1. The molecule has 2 N–H and O–H groups in total. The van der Waals surface area contributed by atoms with Crippen molar-refractivity contribution in [1.82, 2.24) is 0 Å². The lowest BCUT2D eigenvalue weighted by atomic mass is 9.99. The fraction of sp³-hybridized carbons (Fsp3) is 0.381. The van der Waals surface area contributed by atoms with Gasteiger partial charge in [0.1, 0.15) is 0 Å². The van der Waals surface area contributed by atoms with Crippen molar-refractivity contribution in [3.63, 3.8) is 0 Å². The van der Waals surface area contributed by atoms with Crippen LogP contribution >= 0.6 is 0 Å². The number of carbonyl (C=O) groups is 1. The van der Waals surface area contributed by atoms with Gasteiger partial charge in [0.15, 0.2) is 11.5 Å². The Morgan fingerprint density at radius 1 is 1.07 bits per heavy atom. The number of amides is 1. The van der Waals surface area contributed by atoms with E-state index in [4.69, 9.17) is 19.9 Å². The predicted molar refractivity (Wildman–Crippen MR) is 106 cm³/mol. The van der Waals surface area contributed by atoms with E-state index in [2.05, 4.69) is 0 Å². The first kappa shape index (κ1) is 18.9. The highest BCUT2D eigenvalue weighted by Gasteiger charge is 2.24. The quantitative estimate of drug-likeness (QED) is 0.791. The summed E-state index contributed by atoms with van der Waals surface area (Å²) in [5.41, 5.74) is 9.76. The third-order valence-corrected chi connectivity index (χ3v) is 4.98. The average molecular weight is 370 g/mol. The number of fused-ring (bicyclic) bond motifs is 1. The molecule has 2 aromatic carbocycles. The van der Waals surface area contributed by atoms with E-state index in [1.54, 1.807) is 21.3 Å². The number of hydrogen-bond donors (Lipinski definition) is 1. The van der Waals surface area contributed by atoms with E-state index in [0.29, 0.717) is 30.1 Å². The number of hydrogen-bond acceptors (Lipinski definition) is 5. The van der Waals surface area contributed by atoms with Gasteiger partial charge in [-0.15, -0.1) is 0 Å². The second-order valence-electron chi connectivity index (χ2n) is 6.49. The highest BCUT2D eigenvalue weighted by Crippen LogP contribution is 2.40. The van der Waals surface area contributed by atoms with Crippen LogP contribution in [-0.2, 0) is 17.6 Å². The maximum absolute atomic E-state index is 12.9. The van der Waals surface area contributed by atoms with Crippen LogP contribution in [0.1, 0.15) is 24.0 Å². The number of carbonyl (C=O) groups excluding carboxylic acids is 1. The van der Waals surface area contributed by atoms with Gasteiger partial charge >= 0.3 is 0 Å². The first-order valence-electron chi connectivity index (χ1n) is 9.06. The molecule has 1 aliphatic rings. The van der Waals surface area contributed by atoms with Crippen molar-refractivity contribution < 1.29 is 19.0 Å². The van der Waals surface area contributed by atoms with E-state index >= 15 is 0 Å². The molecule has 0 aliphatic carbocycles. The summed E-state index contributed by atoms with van der Waals surface area (Å²) >= 11 is 0. The molecule has 0 saturated heterocycles. The minimum atomic E-state index is 0.0818. The topological polar surface area (TPSA) is 74.0 Å². The average Bonchev–Trinajstić information content (AvgIpc) is 2.71. The fourth-order valence-electron chi connectivity index (χ4n) is 3.65. The fourth-order valence-corrected chi connectivity index (χ4v) is 3.65. The summed E-state index contributed by atoms with van der Waals surface area (Å²) in [6, 6.07) is 9.51. The van der Waals surface area contributed by atoms with E-state index < -0.39 is 0 Å². The molecule has 1 amide bonds. The Labute approximate surface area is 159 Å². The normalized spacial score (nSPS) is 13.1. The molecule has 0 atom stereocenters. The van der Waals surface area contributed by atoms with Gasteiger partial charge in [0.25, 0.3) is 0 Å². The number of methoxy groups -OCH3 is 3. The highest BCUT2D eigenvalue weighted by atomic mass is 16.5. The zero-order valence-electron chi connectivity index (χ0n) is 16.1. The number of anilines is 2. The first-order chi connectivity index (χ1) is 13.1. The molecule has 0 unspecified atom stereocenters. The van der Waals surface area contributed by atoms with Crippen molar-refractivity contribution in [3.05, 3.63) is 41.5 Å². The smallest absolute Gasteiger partial charge is 0.227 e. The van der Waals surface area contributed by atoms with Crippen molar-refractivity contribution >= 4 is 17.3 Å². The van der Waals surface area contributed by atoms with Crippen LogP contribution in [0.5, 0.6) is 17.2 Å². The standard InChI is InChI=1S/C21H26N2O4/c1-25-18-11-9-14(20(26-2)21(18)27-3)10-12-19(24)23-13-5-6-15-16(22)7-4-8-17(15)23/h4,7-9,11H,5-6,10,12-13,22H2,1-3H3. The van der Waals surface area contributed by atoms with Crippen LogP contribution in [0.3, 0.4) is 0 Å². The SMILES string of the molecule is COc1ccc(CCC(=O)N2CCCc3c(N)cccc32)c(OC)c1OC. The molecule has 6 nitrogen and oxygen atoms in total. The summed E-state index contributed by atoms with van der Waals surface area (Å²) in [5, 5.41) is 0. The molecular weight excluding hydrogens is 344 g/mol. The Kier molecular flexibility index (Phi) is 5.74. The largest absolute Gasteiger partial charge is 0.493 e. The molecule has 0 bridgehead atoms. The molecule has 0 spiro atoms. The lowest BCUT2D eigenvalue weighted by Crippen LogP contribution is -2.35. The number of ether oxygens (including phenoxy) is 3. The molecule has 144 valence electrons. The van der Waals surface area contributed by atoms with Gasteiger partial charge in [0, 0.05) is 24.3 Å². The number of nitrogens with zero attached hydrogens (tertiary/aromatic N) is 1. The van der Waals surface area contributed by atoms with Crippen molar-refractivity contribution in [2.24, 2.45) is 0 Å². The van der Waals surface area contributed by atoms with E-state index in [-0.39, 0.29) is 5.91 Å². The Morgan fingerprint density at radius 3 is 2.56 bits per heavy atom. The number of nitrogens with two attached hydrogens (primary N) is 1. The maximum atomic E-state index is 12.9. The van der Waals surface area contributed by atoms with Gasteiger partial charge in [-0.2, -0.15) is 0 Å². The Balaban J connectivity index is 1.79. The Morgan fingerprint density at radius 2 is 1.85 bits per heavy atom. The van der Waals surface area contributed by atoms with E-state index in [1.165, 1.54) is 0 Å². The maximum Gasteiger partial charge on any atom is 0.227 e. The molecule has 0 radical (unpaired) electrons. The predicted octanol–water partition coefficient (Wildman–Crippen LogP) is 3.21. The van der Waals surface area contributed by atoms with Crippen LogP contribution in [0.25, 0.3) is 0 Å². The van der Waals surface area contributed by atoms with Crippen molar-refractivity contribution in [2.45, 2.75) is 25.7 Å². The molecule has 2 aromatic rings. The summed E-state index contributed by atoms with van der Waals surface area (Å²) in [7, 11) is 4.75. The second-order valence-corrected chi connectivity index (χ2v) is 6.49. The van der Waals surface area contributed by atoms with Crippen LogP contribution in [0.2, 0.25) is 0 Å². The van der Waals surface area contributed by atoms with Gasteiger partial charge in [-0.05, 0) is 48.6 Å². The van der Waals surface area contributed by atoms with Crippen molar-refractivity contribution in [3.8, 4) is 17.2 Å². The van der Waals surface area contributed by atoms with Crippen LogP contribution in [0.4, 0.5) is 11.4 Å². The molecule has 6 heteroatoms. The van der Waals surface area contributed by atoms with E-state index in [1.807, 2.05) is 35.2 Å². The van der Waals surface area contributed by atoms with Gasteiger partial charge in [-0.1, -0.05) is 12.1 Å². The van der Waals surface area contributed by atoms with Crippen molar-refractivity contribution in [2.75, 3.05) is 38.5 Å². The second kappa shape index (κ2) is 8.20. The number of benzene rings is 2. The molecule has 27 heavy (non-hydrogen) atoms. The van der Waals surface area contributed by atoms with Gasteiger partial charge in [-0.25, -0.2) is 0 Å². The first-order valence-corrected chi connectivity index (χ1v) is 9.06. The third-order valence-electron chi connectivity index (χ3n) is 4.98. The molecule has 3 rings (SSSR count). The van der Waals surface area contributed by atoms with Crippen LogP contribution < -0.4 is 24.8 Å². The number of rotatable bonds is 6. The van der Waals surface area contributed by atoms with Gasteiger partial charge in [0.05, 0.1) is 21.3 Å². The molecule has 0 aromatic heterocycles. The third kappa shape index (κ3) is 3.65. The molecule has 0 fully saturated rings. The minimum absolute atomic E-state index is 0.0818. The summed E-state index contributed by atoms with van der Waals surface area (Å²) in [6.45, 7) is 0.721. The lowest BCUT2D eigenvalue weighted by molar-refractivity contribution is -0.118. The minimum Gasteiger partial charge on any atom is -0.493 e. The monoisotopic (exact) mass is 370 g/mol. The van der Waals surface area contributed by atoms with Crippen LogP contribution in [0.15, 0.2) is 30.3 Å². The summed E-state index contributed by atoms with van der Waals surface area (Å²) in [5.74, 6) is 1.83. The van der Waals surface area contributed by atoms with Gasteiger partial charge < -0.3 is 24.8 Å². The molecule has 0 saturated carbocycles. The summed E-state index contributed by atoms with van der Waals surface area (Å²) in [4.78, 5) is 14.8.